The summed E-state index contributed by atoms with van der Waals surface area (Å²) in [7, 11) is 0. The average molecular weight is 280 g/mol. The van der Waals surface area contributed by atoms with Crippen LogP contribution in [0.5, 0.6) is 0 Å². The van der Waals surface area contributed by atoms with Crippen molar-refractivity contribution in [2.75, 3.05) is 6.26 Å². The zero-order valence-electron chi connectivity index (χ0n) is 9.67. The van der Waals surface area contributed by atoms with Crippen molar-refractivity contribution in [3.63, 3.8) is 0 Å². The van der Waals surface area contributed by atoms with Crippen molar-refractivity contribution < 1.29 is 9.59 Å². The van der Waals surface area contributed by atoms with E-state index in [1.165, 1.54) is 23.5 Å². The van der Waals surface area contributed by atoms with Crippen molar-refractivity contribution in [3.8, 4) is 0 Å². The van der Waals surface area contributed by atoms with Crippen LogP contribution in [0.3, 0.4) is 0 Å². The summed E-state index contributed by atoms with van der Waals surface area (Å²) in [6.45, 7) is 0. The Morgan fingerprint density at radius 3 is 2.61 bits per heavy atom. The fourth-order valence-corrected chi connectivity index (χ4v) is 3.68. The third kappa shape index (κ3) is 2.54. The zero-order valence-corrected chi connectivity index (χ0v) is 11.3. The summed E-state index contributed by atoms with van der Waals surface area (Å²) in [6, 6.07) is 9.61. The molecule has 1 aromatic carbocycles. The van der Waals surface area contributed by atoms with E-state index in [9.17, 15) is 9.59 Å². The largest absolute Gasteiger partial charge is 0.365 e. The lowest BCUT2D eigenvalue weighted by atomic mass is 10.2. The second-order valence-corrected chi connectivity index (χ2v) is 5.80. The van der Waals surface area contributed by atoms with Gasteiger partial charge in [-0.2, -0.15) is 0 Å². The van der Waals surface area contributed by atoms with Crippen molar-refractivity contribution in [1.29, 1.82) is 0 Å². The molecule has 0 saturated carbocycles. The Balaban J connectivity index is 2.33. The van der Waals surface area contributed by atoms with Crippen molar-refractivity contribution in [2.24, 2.45) is 5.73 Å². The van der Waals surface area contributed by atoms with E-state index in [2.05, 4.69) is 5.32 Å². The SMILES string of the molecule is CSC1=C(C(N)=O)C(=O)NC(c2ccccc2)S1. The van der Waals surface area contributed by atoms with Crippen molar-refractivity contribution >= 4 is 35.3 Å². The first-order valence-corrected chi connectivity index (χ1v) is 7.34. The molecule has 3 N–H and O–H groups in total. The number of hydrogen-bond acceptors (Lipinski definition) is 4. The Morgan fingerprint density at radius 1 is 1.39 bits per heavy atom. The highest BCUT2D eigenvalue weighted by molar-refractivity contribution is 8.22. The smallest absolute Gasteiger partial charge is 0.259 e. The first-order valence-electron chi connectivity index (χ1n) is 5.24. The van der Waals surface area contributed by atoms with Gasteiger partial charge < -0.3 is 11.1 Å². The van der Waals surface area contributed by atoms with Gasteiger partial charge in [-0.25, -0.2) is 0 Å². The Morgan fingerprint density at radius 2 is 2.06 bits per heavy atom. The Hall–Kier alpha value is -1.40. The van der Waals surface area contributed by atoms with Gasteiger partial charge >= 0.3 is 0 Å². The molecule has 0 saturated heterocycles. The van der Waals surface area contributed by atoms with Crippen molar-refractivity contribution in [2.45, 2.75) is 5.37 Å². The second kappa shape index (κ2) is 5.49. The average Bonchev–Trinajstić information content (AvgIpc) is 2.38. The maximum Gasteiger partial charge on any atom is 0.259 e. The number of nitrogens with one attached hydrogen (secondary N) is 1. The van der Waals surface area contributed by atoms with Crippen LogP contribution in [0, 0.1) is 0 Å². The lowest BCUT2D eigenvalue weighted by Gasteiger charge is -2.25. The molecule has 0 aromatic heterocycles. The maximum absolute atomic E-state index is 11.9. The van der Waals surface area contributed by atoms with Crippen molar-refractivity contribution in [3.05, 3.63) is 45.7 Å². The van der Waals surface area contributed by atoms with Crippen LogP contribution < -0.4 is 11.1 Å². The van der Waals surface area contributed by atoms with Crippen LogP contribution in [0.1, 0.15) is 10.9 Å². The van der Waals surface area contributed by atoms with Gasteiger partial charge in [0.25, 0.3) is 11.8 Å². The van der Waals surface area contributed by atoms with Gasteiger partial charge in [-0.15, -0.1) is 11.8 Å². The molecule has 0 spiro atoms. The summed E-state index contributed by atoms with van der Waals surface area (Å²) in [4.78, 5) is 23.1. The predicted octanol–water partition coefficient (Wildman–Crippen LogP) is 1.61. The second-order valence-electron chi connectivity index (χ2n) is 3.61. The van der Waals surface area contributed by atoms with Crippen LogP contribution in [-0.4, -0.2) is 18.1 Å². The van der Waals surface area contributed by atoms with Gasteiger partial charge in [-0.3, -0.25) is 9.59 Å². The van der Waals surface area contributed by atoms with Gasteiger partial charge in [0.05, 0.1) is 4.24 Å². The van der Waals surface area contributed by atoms with Crippen LogP contribution >= 0.6 is 23.5 Å². The number of primary amides is 1. The highest BCUT2D eigenvalue weighted by Gasteiger charge is 2.31. The van der Waals surface area contributed by atoms with E-state index < -0.39 is 11.8 Å². The number of carbonyl (C=O) groups is 2. The third-order valence-corrected chi connectivity index (χ3v) is 4.86. The van der Waals surface area contributed by atoms with Gasteiger partial charge in [-0.1, -0.05) is 42.1 Å². The van der Waals surface area contributed by atoms with Crippen LogP contribution in [0.4, 0.5) is 0 Å². The molecule has 6 heteroatoms. The Bertz CT molecular complexity index is 514. The maximum atomic E-state index is 11.9. The summed E-state index contributed by atoms with van der Waals surface area (Å²) < 4.78 is 0.667. The lowest BCUT2D eigenvalue weighted by molar-refractivity contribution is -0.122. The third-order valence-electron chi connectivity index (χ3n) is 2.45. The standard InChI is InChI=1S/C12H12N2O2S2/c1-17-12-8(9(13)15)10(16)14-11(18-12)7-5-3-2-4-6-7/h2-6,11H,1H3,(H2,13,15)(H,14,16). The number of benzene rings is 1. The summed E-state index contributed by atoms with van der Waals surface area (Å²) >= 11 is 2.80. The number of thioether (sulfide) groups is 2. The molecule has 2 rings (SSSR count). The minimum Gasteiger partial charge on any atom is -0.365 e. The molecule has 0 aliphatic carbocycles. The van der Waals surface area contributed by atoms with E-state index in [4.69, 9.17) is 5.73 Å². The molecule has 1 heterocycles. The van der Waals surface area contributed by atoms with Gasteiger partial charge in [0.2, 0.25) is 0 Å². The van der Waals surface area contributed by atoms with Crippen LogP contribution in [-0.2, 0) is 9.59 Å². The molecule has 1 unspecified atom stereocenters. The molecule has 1 atom stereocenters. The Labute approximate surface area is 113 Å². The molecule has 94 valence electrons. The molecule has 18 heavy (non-hydrogen) atoms. The number of amides is 2. The fourth-order valence-electron chi connectivity index (χ4n) is 1.62. The van der Waals surface area contributed by atoms with E-state index in [0.717, 1.165) is 5.56 Å². The predicted molar refractivity (Wildman–Crippen MR) is 74.7 cm³/mol. The van der Waals surface area contributed by atoms with Gasteiger partial charge in [0, 0.05) is 0 Å². The highest BCUT2D eigenvalue weighted by atomic mass is 32.2. The normalized spacial score (nSPS) is 19.6. The number of nitrogens with two attached hydrogens (primary N) is 1. The minimum absolute atomic E-state index is 0.0553. The monoisotopic (exact) mass is 280 g/mol. The number of carbonyl (C=O) groups excluding carboxylic acids is 2. The van der Waals surface area contributed by atoms with Gasteiger partial charge in [0.15, 0.2) is 0 Å². The quantitative estimate of drug-likeness (QED) is 0.825. The highest BCUT2D eigenvalue weighted by Crippen LogP contribution is 2.42. The van der Waals surface area contributed by atoms with Gasteiger partial charge in [0.1, 0.15) is 10.9 Å². The molecule has 1 aliphatic heterocycles. The van der Waals surface area contributed by atoms with E-state index in [0.29, 0.717) is 4.24 Å². The summed E-state index contributed by atoms with van der Waals surface area (Å²) in [5, 5.41) is 2.60. The molecular formula is C12H12N2O2S2. The van der Waals surface area contributed by atoms with E-state index in [1.54, 1.807) is 0 Å². The van der Waals surface area contributed by atoms with E-state index >= 15 is 0 Å². The van der Waals surface area contributed by atoms with Gasteiger partial charge in [-0.05, 0) is 11.8 Å². The first-order chi connectivity index (χ1) is 8.63. The number of hydrogen-bond donors (Lipinski definition) is 2. The summed E-state index contributed by atoms with van der Waals surface area (Å²) in [5.41, 5.74) is 6.27. The van der Waals surface area contributed by atoms with Crippen LogP contribution in [0.25, 0.3) is 0 Å². The van der Waals surface area contributed by atoms with E-state index in [1.807, 2.05) is 36.6 Å². The lowest BCUT2D eigenvalue weighted by Crippen LogP contribution is -2.36. The molecule has 4 nitrogen and oxygen atoms in total. The summed E-state index contributed by atoms with van der Waals surface area (Å²) in [6.07, 6.45) is 1.83. The Kier molecular flexibility index (Phi) is 3.98. The van der Waals surface area contributed by atoms with Crippen molar-refractivity contribution in [1.82, 2.24) is 5.32 Å². The molecule has 1 aliphatic rings. The topological polar surface area (TPSA) is 72.2 Å². The summed E-state index contributed by atoms with van der Waals surface area (Å²) in [5.74, 6) is -1.09. The molecule has 0 bridgehead atoms. The molecule has 1 aromatic rings. The first kappa shape index (κ1) is 13.0. The number of rotatable bonds is 3. The van der Waals surface area contributed by atoms with Crippen LogP contribution in [0.15, 0.2) is 40.1 Å². The molecule has 0 radical (unpaired) electrons. The van der Waals surface area contributed by atoms with E-state index in [-0.39, 0.29) is 10.9 Å². The molecular weight excluding hydrogens is 268 g/mol. The molecule has 2 amide bonds. The fraction of sp³-hybridized carbons (Fsp3) is 0.167. The molecule has 0 fully saturated rings. The van der Waals surface area contributed by atoms with Crippen LogP contribution in [0.2, 0.25) is 0 Å². The minimum atomic E-state index is -0.684. The zero-order chi connectivity index (χ0) is 13.1.